The van der Waals surface area contributed by atoms with Crippen LogP contribution in [-0.2, 0) is 0 Å². The summed E-state index contributed by atoms with van der Waals surface area (Å²) in [5.41, 5.74) is 1.31. The van der Waals surface area contributed by atoms with Gasteiger partial charge in [-0.3, -0.25) is 0 Å². The third-order valence-corrected chi connectivity index (χ3v) is 5.44. The molecule has 0 amide bonds. The summed E-state index contributed by atoms with van der Waals surface area (Å²) in [6, 6.07) is 22.6. The van der Waals surface area contributed by atoms with Gasteiger partial charge in [0.1, 0.15) is 0 Å². The van der Waals surface area contributed by atoms with E-state index in [1.165, 1.54) is 48.0 Å². The van der Waals surface area contributed by atoms with Crippen molar-refractivity contribution in [2.24, 2.45) is 0 Å². The van der Waals surface area contributed by atoms with Crippen LogP contribution >= 0.6 is 11.3 Å². The summed E-state index contributed by atoms with van der Waals surface area (Å²) < 4.78 is 1.36. The molecule has 0 saturated heterocycles. The Morgan fingerprint density at radius 1 is 0.591 bits per heavy atom. The molecule has 5 aromatic rings. The first-order valence-electron chi connectivity index (χ1n) is 7.53. The fraction of sp³-hybridized carbons (Fsp3) is 0.0476. The van der Waals surface area contributed by atoms with Gasteiger partial charge in [0.05, 0.1) is 0 Å². The van der Waals surface area contributed by atoms with Crippen molar-refractivity contribution in [1.29, 1.82) is 0 Å². The van der Waals surface area contributed by atoms with E-state index in [9.17, 15) is 0 Å². The zero-order valence-corrected chi connectivity index (χ0v) is 13.1. The summed E-state index contributed by atoms with van der Waals surface area (Å²) in [4.78, 5) is 0. The van der Waals surface area contributed by atoms with Crippen LogP contribution in [0.3, 0.4) is 0 Å². The van der Waals surface area contributed by atoms with Crippen molar-refractivity contribution in [1.82, 2.24) is 0 Å². The van der Waals surface area contributed by atoms with Gasteiger partial charge in [0.25, 0.3) is 0 Å². The third kappa shape index (κ3) is 1.63. The first kappa shape index (κ1) is 12.2. The van der Waals surface area contributed by atoms with E-state index in [4.69, 9.17) is 0 Å². The van der Waals surface area contributed by atoms with E-state index in [2.05, 4.69) is 73.0 Å². The van der Waals surface area contributed by atoms with Crippen LogP contribution in [0, 0.1) is 6.92 Å². The van der Waals surface area contributed by atoms with E-state index in [1.54, 1.807) is 0 Å². The summed E-state index contributed by atoms with van der Waals surface area (Å²) in [5, 5.41) is 11.6. The number of hydrogen-bond donors (Lipinski definition) is 0. The van der Waals surface area contributed by atoms with E-state index in [0.29, 0.717) is 0 Å². The summed E-state index contributed by atoms with van der Waals surface area (Å²) in [5.74, 6) is 0. The molecule has 0 radical (unpaired) electrons. The third-order valence-electron chi connectivity index (χ3n) is 4.56. The minimum Gasteiger partial charge on any atom is -0.144 e. The van der Waals surface area contributed by atoms with Gasteiger partial charge in [0, 0.05) is 10.1 Å². The van der Waals surface area contributed by atoms with E-state index in [1.807, 2.05) is 11.3 Å². The molecule has 0 N–H and O–H groups in total. The SMILES string of the molecule is Cc1ccc2cc3c(ccc4c5ccsc5ccc34)cc2c1. The molecular formula is C21H14S. The summed E-state index contributed by atoms with van der Waals surface area (Å²) in [6.07, 6.45) is 0. The number of rotatable bonds is 0. The number of fused-ring (bicyclic) bond motifs is 6. The Kier molecular flexibility index (Phi) is 2.39. The Hall–Kier alpha value is -2.38. The molecule has 0 spiro atoms. The fourth-order valence-corrected chi connectivity index (χ4v) is 4.26. The van der Waals surface area contributed by atoms with Gasteiger partial charge in [-0.1, -0.05) is 42.0 Å². The molecule has 0 fully saturated rings. The largest absolute Gasteiger partial charge is 0.144 e. The van der Waals surface area contributed by atoms with E-state index >= 15 is 0 Å². The maximum Gasteiger partial charge on any atom is 0.0349 e. The molecule has 104 valence electrons. The quantitative estimate of drug-likeness (QED) is 0.221. The van der Waals surface area contributed by atoms with Crippen LogP contribution < -0.4 is 0 Å². The highest BCUT2D eigenvalue weighted by Crippen LogP contribution is 2.35. The van der Waals surface area contributed by atoms with Gasteiger partial charge in [0.15, 0.2) is 0 Å². The molecule has 0 aliphatic heterocycles. The molecule has 1 heterocycles. The molecule has 0 aliphatic rings. The van der Waals surface area contributed by atoms with Crippen LogP contribution in [0.4, 0.5) is 0 Å². The van der Waals surface area contributed by atoms with Crippen molar-refractivity contribution in [3.8, 4) is 0 Å². The molecule has 22 heavy (non-hydrogen) atoms. The van der Waals surface area contributed by atoms with Gasteiger partial charge >= 0.3 is 0 Å². The van der Waals surface area contributed by atoms with Crippen molar-refractivity contribution in [2.75, 3.05) is 0 Å². The molecule has 0 bridgehead atoms. The van der Waals surface area contributed by atoms with Crippen LogP contribution in [0.2, 0.25) is 0 Å². The lowest BCUT2D eigenvalue weighted by molar-refractivity contribution is 1.51. The second-order valence-electron chi connectivity index (χ2n) is 5.98. The second kappa shape index (κ2) is 4.31. The number of hydrogen-bond acceptors (Lipinski definition) is 1. The molecule has 0 aliphatic carbocycles. The van der Waals surface area contributed by atoms with Gasteiger partial charge in [-0.15, -0.1) is 11.3 Å². The zero-order valence-electron chi connectivity index (χ0n) is 12.3. The fourth-order valence-electron chi connectivity index (χ4n) is 3.46. The molecule has 1 heteroatoms. The Bertz CT molecular complexity index is 1180. The summed E-state index contributed by atoms with van der Waals surface area (Å²) in [6.45, 7) is 2.15. The predicted octanol–water partition coefficient (Wildman–Crippen LogP) is 6.67. The minimum absolute atomic E-state index is 1.31. The molecule has 0 unspecified atom stereocenters. The van der Waals surface area contributed by atoms with Crippen LogP contribution in [-0.4, -0.2) is 0 Å². The Morgan fingerprint density at radius 3 is 2.36 bits per heavy atom. The van der Waals surface area contributed by atoms with Crippen molar-refractivity contribution >= 4 is 53.7 Å². The van der Waals surface area contributed by atoms with Gasteiger partial charge in [0.2, 0.25) is 0 Å². The highest BCUT2D eigenvalue weighted by Gasteiger charge is 2.06. The average molecular weight is 298 g/mol. The zero-order chi connectivity index (χ0) is 14.7. The Labute approximate surface area is 132 Å². The minimum atomic E-state index is 1.31. The molecule has 0 atom stereocenters. The lowest BCUT2D eigenvalue weighted by Crippen LogP contribution is -1.81. The average Bonchev–Trinajstić information content (AvgIpc) is 3.01. The van der Waals surface area contributed by atoms with E-state index in [0.717, 1.165) is 0 Å². The smallest absolute Gasteiger partial charge is 0.0349 e. The maximum atomic E-state index is 2.34. The molecule has 1 aromatic heterocycles. The van der Waals surface area contributed by atoms with Crippen LogP contribution in [0.25, 0.3) is 42.4 Å². The first-order valence-corrected chi connectivity index (χ1v) is 8.41. The normalized spacial score (nSPS) is 11.9. The number of benzene rings is 4. The van der Waals surface area contributed by atoms with Gasteiger partial charge in [-0.25, -0.2) is 0 Å². The van der Waals surface area contributed by atoms with Crippen LogP contribution in [0.5, 0.6) is 0 Å². The molecular weight excluding hydrogens is 284 g/mol. The number of aryl methyl sites for hydroxylation is 1. The van der Waals surface area contributed by atoms with Crippen molar-refractivity contribution in [2.45, 2.75) is 6.92 Å². The highest BCUT2D eigenvalue weighted by atomic mass is 32.1. The predicted molar refractivity (Wildman–Crippen MR) is 99.1 cm³/mol. The second-order valence-corrected chi connectivity index (χ2v) is 6.93. The van der Waals surface area contributed by atoms with Gasteiger partial charge in [-0.2, -0.15) is 0 Å². The number of thiophene rings is 1. The topological polar surface area (TPSA) is 0 Å². The molecule has 5 rings (SSSR count). The Morgan fingerprint density at radius 2 is 1.41 bits per heavy atom. The highest BCUT2D eigenvalue weighted by molar-refractivity contribution is 7.17. The van der Waals surface area contributed by atoms with Gasteiger partial charge in [-0.05, 0) is 68.9 Å². The van der Waals surface area contributed by atoms with E-state index in [-0.39, 0.29) is 0 Å². The molecule has 0 nitrogen and oxygen atoms in total. The summed E-state index contributed by atoms with van der Waals surface area (Å²) >= 11 is 1.81. The molecule has 4 aromatic carbocycles. The Balaban J connectivity index is 2.00. The first-order chi connectivity index (χ1) is 10.8. The van der Waals surface area contributed by atoms with Gasteiger partial charge < -0.3 is 0 Å². The standard InChI is InChI=1S/C21H14S/c1-13-2-3-14-12-20-15(11-16(14)10-13)4-5-17-18(20)6-7-21-19(17)8-9-22-21/h2-12H,1H3. The molecule has 0 saturated carbocycles. The van der Waals surface area contributed by atoms with Crippen molar-refractivity contribution in [3.05, 3.63) is 71.6 Å². The van der Waals surface area contributed by atoms with Crippen LogP contribution in [0.1, 0.15) is 5.56 Å². The summed E-state index contributed by atoms with van der Waals surface area (Å²) in [7, 11) is 0. The van der Waals surface area contributed by atoms with Crippen LogP contribution in [0.15, 0.2) is 66.0 Å². The van der Waals surface area contributed by atoms with Crippen molar-refractivity contribution < 1.29 is 0 Å². The lowest BCUT2D eigenvalue weighted by atomic mass is 9.96. The lowest BCUT2D eigenvalue weighted by Gasteiger charge is -2.08. The maximum absolute atomic E-state index is 2.34. The monoisotopic (exact) mass is 298 g/mol. The van der Waals surface area contributed by atoms with E-state index < -0.39 is 0 Å². The van der Waals surface area contributed by atoms with Crippen molar-refractivity contribution in [3.63, 3.8) is 0 Å².